The lowest BCUT2D eigenvalue weighted by Crippen LogP contribution is -1.98. The summed E-state index contributed by atoms with van der Waals surface area (Å²) in [6, 6.07) is 5.95. The highest BCUT2D eigenvalue weighted by Crippen LogP contribution is 2.37. The number of hydrogen-bond acceptors (Lipinski definition) is 3. The SMILES string of the molecule is CCOc1cccc(OCC)c1SCC. The van der Waals surface area contributed by atoms with E-state index in [-0.39, 0.29) is 0 Å². The first-order valence-electron chi connectivity index (χ1n) is 5.34. The molecule has 0 unspecified atom stereocenters. The Labute approximate surface area is 96.0 Å². The Balaban J connectivity index is 2.97. The fourth-order valence-electron chi connectivity index (χ4n) is 1.32. The van der Waals surface area contributed by atoms with E-state index in [1.165, 1.54) is 0 Å². The molecule has 0 aromatic heterocycles. The van der Waals surface area contributed by atoms with Crippen LogP contribution in [0.1, 0.15) is 20.8 Å². The summed E-state index contributed by atoms with van der Waals surface area (Å²) in [5.41, 5.74) is 0. The normalized spacial score (nSPS) is 10.1. The second-order valence-corrected chi connectivity index (χ2v) is 4.16. The molecule has 0 aliphatic rings. The maximum Gasteiger partial charge on any atom is 0.136 e. The van der Waals surface area contributed by atoms with Gasteiger partial charge in [-0.3, -0.25) is 0 Å². The smallest absolute Gasteiger partial charge is 0.136 e. The monoisotopic (exact) mass is 226 g/mol. The standard InChI is InChI=1S/C12H18O2S/c1-4-13-10-8-7-9-11(14-5-2)12(10)15-6-3/h7-9H,4-6H2,1-3H3. The largest absolute Gasteiger partial charge is 0.493 e. The van der Waals surface area contributed by atoms with Crippen LogP contribution in [-0.4, -0.2) is 19.0 Å². The van der Waals surface area contributed by atoms with E-state index in [1.54, 1.807) is 11.8 Å². The van der Waals surface area contributed by atoms with Crippen molar-refractivity contribution in [2.45, 2.75) is 25.7 Å². The topological polar surface area (TPSA) is 18.5 Å². The number of benzene rings is 1. The molecule has 2 nitrogen and oxygen atoms in total. The average Bonchev–Trinajstić information content (AvgIpc) is 2.23. The van der Waals surface area contributed by atoms with Gasteiger partial charge in [-0.05, 0) is 31.7 Å². The Kier molecular flexibility index (Phi) is 5.40. The molecule has 0 aliphatic carbocycles. The number of thioether (sulfide) groups is 1. The highest BCUT2D eigenvalue weighted by Gasteiger charge is 2.09. The first-order valence-corrected chi connectivity index (χ1v) is 6.33. The molecule has 15 heavy (non-hydrogen) atoms. The summed E-state index contributed by atoms with van der Waals surface area (Å²) in [6.07, 6.45) is 0. The third-order valence-corrected chi connectivity index (χ3v) is 2.81. The zero-order valence-corrected chi connectivity index (χ0v) is 10.4. The molecule has 0 saturated heterocycles. The van der Waals surface area contributed by atoms with Gasteiger partial charge in [0.1, 0.15) is 11.5 Å². The minimum Gasteiger partial charge on any atom is -0.493 e. The molecular weight excluding hydrogens is 208 g/mol. The van der Waals surface area contributed by atoms with Crippen LogP contribution >= 0.6 is 11.8 Å². The highest BCUT2D eigenvalue weighted by molar-refractivity contribution is 7.99. The minimum absolute atomic E-state index is 0.687. The molecular formula is C12H18O2S. The van der Waals surface area contributed by atoms with Crippen LogP contribution in [0.2, 0.25) is 0 Å². The molecule has 1 rings (SSSR count). The second-order valence-electron chi connectivity index (χ2n) is 2.88. The molecule has 0 heterocycles. The molecule has 0 aliphatic heterocycles. The zero-order valence-electron chi connectivity index (χ0n) is 9.58. The van der Waals surface area contributed by atoms with Crippen molar-refractivity contribution in [2.24, 2.45) is 0 Å². The highest BCUT2D eigenvalue weighted by atomic mass is 32.2. The van der Waals surface area contributed by atoms with Crippen molar-refractivity contribution < 1.29 is 9.47 Å². The fraction of sp³-hybridized carbons (Fsp3) is 0.500. The Morgan fingerprint density at radius 1 is 1.00 bits per heavy atom. The van der Waals surface area contributed by atoms with Crippen LogP contribution in [0.3, 0.4) is 0 Å². The summed E-state index contributed by atoms with van der Waals surface area (Å²) < 4.78 is 11.2. The van der Waals surface area contributed by atoms with Crippen LogP contribution in [0.4, 0.5) is 0 Å². The van der Waals surface area contributed by atoms with Crippen molar-refractivity contribution in [3.8, 4) is 11.5 Å². The molecule has 1 aromatic carbocycles. The van der Waals surface area contributed by atoms with Crippen LogP contribution < -0.4 is 9.47 Å². The fourth-order valence-corrected chi connectivity index (χ4v) is 2.15. The van der Waals surface area contributed by atoms with Crippen molar-refractivity contribution in [3.05, 3.63) is 18.2 Å². The van der Waals surface area contributed by atoms with Crippen LogP contribution in [0.5, 0.6) is 11.5 Å². The maximum atomic E-state index is 5.58. The van der Waals surface area contributed by atoms with E-state index in [0.29, 0.717) is 13.2 Å². The van der Waals surface area contributed by atoms with Crippen LogP contribution in [0.25, 0.3) is 0 Å². The number of ether oxygens (including phenoxy) is 2. The predicted octanol–water partition coefficient (Wildman–Crippen LogP) is 3.60. The second kappa shape index (κ2) is 6.62. The summed E-state index contributed by atoms with van der Waals surface area (Å²) in [6.45, 7) is 7.49. The third kappa shape index (κ3) is 3.34. The molecule has 0 atom stereocenters. The van der Waals surface area contributed by atoms with Crippen molar-refractivity contribution in [1.82, 2.24) is 0 Å². The van der Waals surface area contributed by atoms with Gasteiger partial charge in [0.05, 0.1) is 18.1 Å². The molecule has 3 heteroatoms. The van der Waals surface area contributed by atoms with E-state index in [4.69, 9.17) is 9.47 Å². The van der Waals surface area contributed by atoms with Crippen molar-refractivity contribution >= 4 is 11.8 Å². The summed E-state index contributed by atoms with van der Waals surface area (Å²) in [5.74, 6) is 2.87. The molecule has 0 amide bonds. The molecule has 0 spiro atoms. The third-order valence-electron chi connectivity index (χ3n) is 1.83. The van der Waals surface area contributed by atoms with Gasteiger partial charge in [0, 0.05) is 0 Å². The van der Waals surface area contributed by atoms with Crippen LogP contribution in [0, 0.1) is 0 Å². The lowest BCUT2D eigenvalue weighted by molar-refractivity contribution is 0.308. The van der Waals surface area contributed by atoms with Gasteiger partial charge in [-0.25, -0.2) is 0 Å². The Hall–Kier alpha value is -0.830. The van der Waals surface area contributed by atoms with E-state index in [1.807, 2.05) is 32.0 Å². The van der Waals surface area contributed by atoms with Crippen molar-refractivity contribution in [1.29, 1.82) is 0 Å². The first kappa shape index (κ1) is 12.2. The minimum atomic E-state index is 0.687. The van der Waals surface area contributed by atoms with Crippen LogP contribution in [-0.2, 0) is 0 Å². The Morgan fingerprint density at radius 3 is 1.93 bits per heavy atom. The molecule has 0 saturated carbocycles. The Morgan fingerprint density at radius 2 is 1.53 bits per heavy atom. The maximum absolute atomic E-state index is 5.58. The number of hydrogen-bond donors (Lipinski definition) is 0. The summed E-state index contributed by atoms with van der Waals surface area (Å²) >= 11 is 1.76. The van der Waals surface area contributed by atoms with Gasteiger partial charge in [-0.2, -0.15) is 0 Å². The van der Waals surface area contributed by atoms with E-state index in [0.717, 1.165) is 22.1 Å². The molecule has 0 radical (unpaired) electrons. The Bertz CT molecular complexity index is 275. The average molecular weight is 226 g/mol. The predicted molar refractivity (Wildman–Crippen MR) is 65.2 cm³/mol. The van der Waals surface area contributed by atoms with E-state index < -0.39 is 0 Å². The molecule has 84 valence electrons. The van der Waals surface area contributed by atoms with Crippen molar-refractivity contribution in [3.63, 3.8) is 0 Å². The van der Waals surface area contributed by atoms with Gasteiger partial charge in [-0.1, -0.05) is 13.0 Å². The summed E-state index contributed by atoms with van der Waals surface area (Å²) in [4.78, 5) is 1.11. The van der Waals surface area contributed by atoms with E-state index in [2.05, 4.69) is 6.92 Å². The lowest BCUT2D eigenvalue weighted by Gasteiger charge is -2.13. The van der Waals surface area contributed by atoms with Gasteiger partial charge >= 0.3 is 0 Å². The van der Waals surface area contributed by atoms with Gasteiger partial charge in [0.2, 0.25) is 0 Å². The lowest BCUT2D eigenvalue weighted by atomic mass is 10.3. The van der Waals surface area contributed by atoms with E-state index >= 15 is 0 Å². The molecule has 0 N–H and O–H groups in total. The van der Waals surface area contributed by atoms with Gasteiger partial charge in [-0.15, -0.1) is 11.8 Å². The van der Waals surface area contributed by atoms with Gasteiger partial charge < -0.3 is 9.47 Å². The summed E-state index contributed by atoms with van der Waals surface area (Å²) in [5, 5.41) is 0. The van der Waals surface area contributed by atoms with Gasteiger partial charge in [0.25, 0.3) is 0 Å². The number of rotatable bonds is 6. The molecule has 0 fully saturated rings. The van der Waals surface area contributed by atoms with Gasteiger partial charge in [0.15, 0.2) is 0 Å². The first-order chi connectivity index (χ1) is 7.33. The van der Waals surface area contributed by atoms with Crippen molar-refractivity contribution in [2.75, 3.05) is 19.0 Å². The van der Waals surface area contributed by atoms with E-state index in [9.17, 15) is 0 Å². The quantitative estimate of drug-likeness (QED) is 0.691. The van der Waals surface area contributed by atoms with Crippen LogP contribution in [0.15, 0.2) is 23.1 Å². The summed E-state index contributed by atoms with van der Waals surface area (Å²) in [7, 11) is 0. The molecule has 0 bridgehead atoms. The zero-order chi connectivity index (χ0) is 11.1. The molecule has 1 aromatic rings.